The van der Waals surface area contributed by atoms with E-state index in [4.69, 9.17) is 4.74 Å². The molecule has 36 heavy (non-hydrogen) atoms. The first-order valence-electron chi connectivity index (χ1n) is 12.4. The molecule has 2 aromatic rings. The van der Waals surface area contributed by atoms with Gasteiger partial charge in [-0.3, -0.25) is 4.90 Å². The molecule has 0 aliphatic carbocycles. The van der Waals surface area contributed by atoms with E-state index >= 15 is 0 Å². The molecule has 8 nitrogen and oxygen atoms in total. The zero-order valence-corrected chi connectivity index (χ0v) is 21.8. The molecule has 0 saturated carbocycles. The highest BCUT2D eigenvalue weighted by molar-refractivity contribution is 6.00. The molecule has 0 saturated heterocycles. The SMILES string of the molecule is CCCN1C(=O)NC(c2ccc(NC(=O)Nc3ccc(C(C)C)cc3)cc2)C(C(=O)OC(C)C)=C1C. The average molecular weight is 493 g/mol. The highest BCUT2D eigenvalue weighted by Crippen LogP contribution is 2.32. The summed E-state index contributed by atoms with van der Waals surface area (Å²) in [6.45, 7) is 12.1. The van der Waals surface area contributed by atoms with Crippen LogP contribution in [0.15, 0.2) is 59.8 Å². The molecular formula is C28H36N4O4. The molecule has 192 valence electrons. The second kappa shape index (κ2) is 11.7. The first kappa shape index (κ1) is 26.8. The number of amides is 4. The van der Waals surface area contributed by atoms with Gasteiger partial charge in [0.05, 0.1) is 17.7 Å². The molecule has 1 aliphatic rings. The molecule has 0 radical (unpaired) electrons. The van der Waals surface area contributed by atoms with E-state index < -0.39 is 12.0 Å². The number of carbonyl (C=O) groups is 3. The minimum Gasteiger partial charge on any atom is -0.459 e. The van der Waals surface area contributed by atoms with Gasteiger partial charge >= 0.3 is 18.0 Å². The van der Waals surface area contributed by atoms with Crippen molar-refractivity contribution in [2.45, 2.75) is 66.0 Å². The number of benzene rings is 2. The van der Waals surface area contributed by atoms with Crippen molar-refractivity contribution in [2.24, 2.45) is 0 Å². The number of allylic oxidation sites excluding steroid dienone is 1. The number of rotatable bonds is 8. The van der Waals surface area contributed by atoms with Crippen LogP contribution in [0.5, 0.6) is 0 Å². The summed E-state index contributed by atoms with van der Waals surface area (Å²) in [5.41, 5.74) is 4.18. The molecule has 2 aromatic carbocycles. The van der Waals surface area contributed by atoms with Gasteiger partial charge < -0.3 is 20.7 Å². The molecular weight excluding hydrogens is 456 g/mol. The monoisotopic (exact) mass is 492 g/mol. The number of ether oxygens (including phenoxy) is 1. The predicted octanol–water partition coefficient (Wildman–Crippen LogP) is 6.16. The van der Waals surface area contributed by atoms with Crippen molar-refractivity contribution < 1.29 is 19.1 Å². The minimum absolute atomic E-state index is 0.259. The maximum atomic E-state index is 13.0. The van der Waals surface area contributed by atoms with Crippen LogP contribution in [0, 0.1) is 0 Å². The molecule has 8 heteroatoms. The number of nitrogens with one attached hydrogen (secondary N) is 3. The van der Waals surface area contributed by atoms with E-state index in [0.717, 1.165) is 6.42 Å². The number of hydrogen-bond donors (Lipinski definition) is 3. The molecule has 1 aliphatic heterocycles. The van der Waals surface area contributed by atoms with E-state index in [9.17, 15) is 14.4 Å². The Morgan fingerprint density at radius 3 is 2.03 bits per heavy atom. The van der Waals surface area contributed by atoms with E-state index in [0.29, 0.717) is 40.7 Å². The number of urea groups is 2. The predicted molar refractivity (Wildman–Crippen MR) is 142 cm³/mol. The largest absolute Gasteiger partial charge is 0.459 e. The standard InChI is InChI=1S/C28H36N4O4/c1-7-16-32-19(6)24(26(33)36-18(4)5)25(31-28(32)35)21-10-14-23(15-11-21)30-27(34)29-22-12-8-20(9-13-22)17(2)3/h8-15,17-18,25H,7,16H2,1-6H3,(H,31,35)(H2,29,30,34). The molecule has 1 atom stereocenters. The van der Waals surface area contributed by atoms with Crippen LogP contribution in [-0.4, -0.2) is 35.6 Å². The summed E-state index contributed by atoms with van der Waals surface area (Å²) >= 11 is 0. The van der Waals surface area contributed by atoms with Crippen LogP contribution in [0.3, 0.4) is 0 Å². The Morgan fingerprint density at radius 1 is 0.972 bits per heavy atom. The average Bonchev–Trinajstić information content (AvgIpc) is 2.81. The van der Waals surface area contributed by atoms with Crippen molar-refractivity contribution >= 4 is 29.4 Å². The second-order valence-corrected chi connectivity index (χ2v) is 9.47. The normalized spacial score (nSPS) is 15.7. The van der Waals surface area contributed by atoms with Gasteiger partial charge in [0.2, 0.25) is 0 Å². The fraction of sp³-hybridized carbons (Fsp3) is 0.393. The Balaban J connectivity index is 1.76. The third kappa shape index (κ3) is 6.44. The van der Waals surface area contributed by atoms with Crippen LogP contribution in [-0.2, 0) is 9.53 Å². The second-order valence-electron chi connectivity index (χ2n) is 9.47. The van der Waals surface area contributed by atoms with E-state index in [1.54, 1.807) is 49.9 Å². The summed E-state index contributed by atoms with van der Waals surface area (Å²) < 4.78 is 5.49. The molecule has 0 aromatic heterocycles. The molecule has 1 heterocycles. The number of esters is 1. The van der Waals surface area contributed by atoms with Gasteiger partial charge in [0.25, 0.3) is 0 Å². The summed E-state index contributed by atoms with van der Waals surface area (Å²) in [6, 6.07) is 13.5. The van der Waals surface area contributed by atoms with Crippen molar-refractivity contribution in [3.05, 3.63) is 70.9 Å². The Labute approximate surface area is 213 Å². The van der Waals surface area contributed by atoms with Crippen LogP contribution in [0.2, 0.25) is 0 Å². The van der Waals surface area contributed by atoms with Crippen LogP contribution >= 0.6 is 0 Å². The first-order valence-corrected chi connectivity index (χ1v) is 12.4. The third-order valence-electron chi connectivity index (χ3n) is 5.94. The summed E-state index contributed by atoms with van der Waals surface area (Å²) in [5, 5.41) is 8.57. The van der Waals surface area contributed by atoms with Crippen LogP contribution in [0.4, 0.5) is 21.0 Å². The lowest BCUT2D eigenvalue weighted by Gasteiger charge is -2.35. The quantitative estimate of drug-likeness (QED) is 0.385. The van der Waals surface area contributed by atoms with E-state index in [1.165, 1.54) is 5.56 Å². The summed E-state index contributed by atoms with van der Waals surface area (Å²) in [7, 11) is 0. The van der Waals surface area contributed by atoms with Gasteiger partial charge in [-0.05, 0) is 68.5 Å². The molecule has 0 bridgehead atoms. The maximum Gasteiger partial charge on any atom is 0.338 e. The van der Waals surface area contributed by atoms with Crippen molar-refractivity contribution in [1.29, 1.82) is 0 Å². The fourth-order valence-electron chi connectivity index (χ4n) is 4.07. The van der Waals surface area contributed by atoms with E-state index in [2.05, 4.69) is 29.8 Å². The number of nitrogens with zero attached hydrogens (tertiary/aromatic N) is 1. The number of anilines is 2. The Morgan fingerprint density at radius 2 is 1.53 bits per heavy atom. The van der Waals surface area contributed by atoms with Gasteiger partial charge in [0.1, 0.15) is 0 Å². The smallest absolute Gasteiger partial charge is 0.338 e. The first-order chi connectivity index (χ1) is 17.1. The topological polar surface area (TPSA) is 99.8 Å². The van der Waals surface area contributed by atoms with Gasteiger partial charge in [0, 0.05) is 23.6 Å². The summed E-state index contributed by atoms with van der Waals surface area (Å²) in [6.07, 6.45) is 0.467. The highest BCUT2D eigenvalue weighted by Gasteiger charge is 2.36. The van der Waals surface area contributed by atoms with Gasteiger partial charge in [-0.1, -0.05) is 45.0 Å². The lowest BCUT2D eigenvalue weighted by molar-refractivity contribution is -0.143. The zero-order valence-electron chi connectivity index (χ0n) is 21.8. The molecule has 0 spiro atoms. The van der Waals surface area contributed by atoms with Gasteiger partial charge in [0.15, 0.2) is 0 Å². The number of carbonyl (C=O) groups excluding carboxylic acids is 3. The molecule has 3 rings (SSSR count). The Bertz CT molecular complexity index is 1120. The van der Waals surface area contributed by atoms with Gasteiger partial charge in [-0.2, -0.15) is 0 Å². The Kier molecular flexibility index (Phi) is 8.74. The van der Waals surface area contributed by atoms with Crippen molar-refractivity contribution in [2.75, 3.05) is 17.2 Å². The van der Waals surface area contributed by atoms with Crippen LogP contribution in [0.25, 0.3) is 0 Å². The zero-order chi connectivity index (χ0) is 26.4. The number of hydrogen-bond acceptors (Lipinski definition) is 4. The molecule has 1 unspecified atom stereocenters. The van der Waals surface area contributed by atoms with Crippen molar-refractivity contribution in [3.63, 3.8) is 0 Å². The lowest BCUT2D eigenvalue weighted by atomic mass is 9.94. The summed E-state index contributed by atoms with van der Waals surface area (Å²) in [4.78, 5) is 39.8. The summed E-state index contributed by atoms with van der Waals surface area (Å²) in [5.74, 6) is -0.0416. The highest BCUT2D eigenvalue weighted by atomic mass is 16.5. The maximum absolute atomic E-state index is 13.0. The van der Waals surface area contributed by atoms with Crippen LogP contribution in [0.1, 0.15) is 71.0 Å². The lowest BCUT2D eigenvalue weighted by Crippen LogP contribution is -2.48. The molecule has 4 amide bonds. The molecule has 0 fully saturated rings. The van der Waals surface area contributed by atoms with Crippen LogP contribution < -0.4 is 16.0 Å². The fourth-order valence-corrected chi connectivity index (χ4v) is 4.07. The van der Waals surface area contributed by atoms with E-state index in [1.807, 2.05) is 31.2 Å². The minimum atomic E-state index is -0.654. The van der Waals surface area contributed by atoms with Crippen molar-refractivity contribution in [3.8, 4) is 0 Å². The van der Waals surface area contributed by atoms with Gasteiger partial charge in [-0.15, -0.1) is 0 Å². The Hall–Kier alpha value is -3.81. The third-order valence-corrected chi connectivity index (χ3v) is 5.94. The van der Waals surface area contributed by atoms with E-state index in [-0.39, 0.29) is 18.2 Å². The molecule has 3 N–H and O–H groups in total. The van der Waals surface area contributed by atoms with Gasteiger partial charge in [-0.25, -0.2) is 14.4 Å². The van der Waals surface area contributed by atoms with Crippen molar-refractivity contribution in [1.82, 2.24) is 10.2 Å².